The van der Waals surface area contributed by atoms with Crippen molar-refractivity contribution in [2.24, 2.45) is 14.1 Å². The number of aryl methyl sites for hydroxylation is 2. The minimum atomic E-state index is -3.73. The summed E-state index contributed by atoms with van der Waals surface area (Å²) in [6.45, 7) is 1.60. The Labute approximate surface area is 214 Å². The zero-order chi connectivity index (χ0) is 25.7. The average molecular weight is 515 g/mol. The van der Waals surface area contributed by atoms with E-state index in [0.717, 1.165) is 28.1 Å². The second kappa shape index (κ2) is 8.82. The van der Waals surface area contributed by atoms with Crippen molar-refractivity contribution < 1.29 is 8.42 Å². The second-order valence-electron chi connectivity index (χ2n) is 9.19. The summed E-state index contributed by atoms with van der Waals surface area (Å²) in [4.78, 5) is 24.4. The van der Waals surface area contributed by atoms with Crippen molar-refractivity contribution in [3.63, 3.8) is 0 Å². The summed E-state index contributed by atoms with van der Waals surface area (Å²) in [5.74, 6) is 0.752. The van der Waals surface area contributed by atoms with Crippen molar-refractivity contribution in [1.82, 2.24) is 23.4 Å². The molecule has 3 aromatic carbocycles. The number of nitrogens with zero attached hydrogens (tertiary/aromatic N) is 6. The summed E-state index contributed by atoms with van der Waals surface area (Å²) < 4.78 is 31.5. The van der Waals surface area contributed by atoms with E-state index >= 15 is 0 Å². The molecule has 37 heavy (non-hydrogen) atoms. The van der Waals surface area contributed by atoms with Gasteiger partial charge >= 0.3 is 5.69 Å². The smallest absolute Gasteiger partial charge is 0.328 e. The minimum absolute atomic E-state index is 0.185. The molecule has 1 aliphatic heterocycles. The average Bonchev–Trinajstić information content (AvgIpc) is 3.16. The summed E-state index contributed by atoms with van der Waals surface area (Å²) >= 11 is 0. The molecule has 0 aliphatic carbocycles. The van der Waals surface area contributed by atoms with Gasteiger partial charge in [-0.3, -0.25) is 9.13 Å². The third-order valence-corrected chi connectivity index (χ3v) is 8.91. The molecule has 2 aromatic heterocycles. The lowest BCUT2D eigenvalue weighted by molar-refractivity contribution is 0.384. The number of hydrogen-bond donors (Lipinski definition) is 0. The van der Waals surface area contributed by atoms with Crippen LogP contribution in [-0.4, -0.2) is 58.0 Å². The van der Waals surface area contributed by atoms with Crippen LogP contribution in [0.4, 0.5) is 5.82 Å². The van der Waals surface area contributed by atoms with Crippen molar-refractivity contribution in [2.45, 2.75) is 4.90 Å². The number of aromatic nitrogens is 4. The number of hydrogen-bond acceptors (Lipinski definition) is 6. The Balaban J connectivity index is 1.31. The largest absolute Gasteiger partial charge is 0.352 e. The van der Waals surface area contributed by atoms with E-state index in [1.807, 2.05) is 54.6 Å². The Kier molecular flexibility index (Phi) is 5.58. The summed E-state index contributed by atoms with van der Waals surface area (Å²) in [5, 5.41) is 0. The van der Waals surface area contributed by atoms with Crippen LogP contribution >= 0.6 is 0 Å². The summed E-state index contributed by atoms with van der Waals surface area (Å²) in [7, 11) is -0.405. The molecule has 0 bridgehead atoms. The Morgan fingerprint density at radius 2 is 1.35 bits per heavy atom. The third-order valence-electron chi connectivity index (χ3n) is 7.02. The van der Waals surface area contributed by atoms with Crippen LogP contribution in [0.2, 0.25) is 0 Å². The molecular formula is C27H26N6O3S. The fraction of sp³-hybridized carbons (Fsp3) is 0.222. The van der Waals surface area contributed by atoms with E-state index in [9.17, 15) is 13.2 Å². The third kappa shape index (κ3) is 3.89. The Hall–Kier alpha value is -4.02. The summed E-state index contributed by atoms with van der Waals surface area (Å²) in [6.07, 6.45) is 0. The van der Waals surface area contributed by atoms with E-state index in [4.69, 9.17) is 9.97 Å². The van der Waals surface area contributed by atoms with Crippen molar-refractivity contribution in [2.75, 3.05) is 31.1 Å². The molecule has 1 aliphatic rings. The normalized spacial score (nSPS) is 15.0. The number of sulfonamides is 1. The fourth-order valence-corrected chi connectivity index (χ4v) is 6.38. The maximum absolute atomic E-state index is 13.5. The van der Waals surface area contributed by atoms with Gasteiger partial charge in [-0.2, -0.15) is 4.31 Å². The van der Waals surface area contributed by atoms with Crippen LogP contribution in [0.1, 0.15) is 0 Å². The monoisotopic (exact) mass is 514 g/mol. The number of para-hydroxylation sites is 2. The molecule has 1 fully saturated rings. The number of anilines is 1. The SMILES string of the molecule is Cn1c(=O)n(C)c2cc(S(=O)(=O)N3CCN(c4nc5ccccc5nc4-c4ccccc4)CC3)ccc21. The lowest BCUT2D eigenvalue weighted by Gasteiger charge is -2.35. The first kappa shape index (κ1) is 23.4. The second-order valence-corrected chi connectivity index (χ2v) is 11.1. The lowest BCUT2D eigenvalue weighted by atomic mass is 10.1. The van der Waals surface area contributed by atoms with Gasteiger partial charge in [0.25, 0.3) is 0 Å². The van der Waals surface area contributed by atoms with Gasteiger partial charge in [-0.1, -0.05) is 42.5 Å². The van der Waals surface area contributed by atoms with Crippen LogP contribution in [0, 0.1) is 0 Å². The molecule has 0 N–H and O–H groups in total. The molecule has 10 heteroatoms. The van der Waals surface area contributed by atoms with E-state index in [2.05, 4.69) is 4.90 Å². The van der Waals surface area contributed by atoms with Crippen molar-refractivity contribution in [1.29, 1.82) is 0 Å². The zero-order valence-electron chi connectivity index (χ0n) is 20.6. The summed E-state index contributed by atoms with van der Waals surface area (Å²) in [6, 6.07) is 22.5. The first-order chi connectivity index (χ1) is 17.8. The van der Waals surface area contributed by atoms with Gasteiger partial charge in [0, 0.05) is 45.8 Å². The number of fused-ring (bicyclic) bond motifs is 2. The standard InChI is InChI=1S/C27H26N6O3S/c1-30-23-13-12-20(18-24(23)31(2)27(30)34)37(35,36)33-16-14-32(15-17-33)26-25(19-8-4-3-5-9-19)28-21-10-6-7-11-22(21)29-26/h3-13,18H,14-17H2,1-2H3. The fourth-order valence-electron chi connectivity index (χ4n) is 4.94. The van der Waals surface area contributed by atoms with Gasteiger partial charge in [0.1, 0.15) is 5.69 Å². The van der Waals surface area contributed by atoms with Gasteiger partial charge in [0.2, 0.25) is 10.0 Å². The predicted octanol–water partition coefficient (Wildman–Crippen LogP) is 3.00. The number of piperazine rings is 1. The molecule has 0 saturated carbocycles. The predicted molar refractivity (Wildman–Crippen MR) is 144 cm³/mol. The van der Waals surface area contributed by atoms with Gasteiger partial charge in [-0.25, -0.2) is 23.2 Å². The van der Waals surface area contributed by atoms with E-state index in [0.29, 0.717) is 37.2 Å². The van der Waals surface area contributed by atoms with Gasteiger partial charge in [0.15, 0.2) is 5.82 Å². The number of imidazole rings is 1. The van der Waals surface area contributed by atoms with Gasteiger partial charge in [-0.05, 0) is 30.3 Å². The molecule has 0 amide bonds. The van der Waals surface area contributed by atoms with E-state index in [1.165, 1.54) is 13.4 Å². The highest BCUT2D eigenvalue weighted by molar-refractivity contribution is 7.89. The summed E-state index contributed by atoms with van der Waals surface area (Å²) in [5.41, 5.74) is 4.46. The molecule has 1 saturated heterocycles. The van der Waals surface area contributed by atoms with Crippen molar-refractivity contribution in [3.05, 3.63) is 83.3 Å². The zero-order valence-corrected chi connectivity index (χ0v) is 21.4. The first-order valence-electron chi connectivity index (χ1n) is 12.1. The van der Waals surface area contributed by atoms with Gasteiger partial charge in [0.05, 0.1) is 27.0 Å². The maximum Gasteiger partial charge on any atom is 0.328 e. The van der Waals surface area contributed by atoms with Crippen LogP contribution in [0.15, 0.2) is 82.5 Å². The molecule has 0 spiro atoms. The van der Waals surface area contributed by atoms with Crippen LogP contribution in [0.5, 0.6) is 0 Å². The molecular weight excluding hydrogens is 488 g/mol. The Morgan fingerprint density at radius 1 is 0.730 bits per heavy atom. The number of rotatable bonds is 4. The first-order valence-corrected chi connectivity index (χ1v) is 13.5. The van der Waals surface area contributed by atoms with Crippen molar-refractivity contribution >= 4 is 37.9 Å². The molecule has 6 rings (SSSR count). The highest BCUT2D eigenvalue weighted by atomic mass is 32.2. The van der Waals surface area contributed by atoms with E-state index < -0.39 is 10.0 Å². The van der Waals surface area contributed by atoms with Crippen LogP contribution in [0.3, 0.4) is 0 Å². The molecule has 0 atom stereocenters. The Morgan fingerprint density at radius 3 is 2.05 bits per heavy atom. The Bertz CT molecular complexity index is 1800. The van der Waals surface area contributed by atoms with Crippen molar-refractivity contribution in [3.8, 4) is 11.3 Å². The molecule has 0 radical (unpaired) electrons. The molecule has 188 valence electrons. The highest BCUT2D eigenvalue weighted by Gasteiger charge is 2.31. The number of benzene rings is 3. The highest BCUT2D eigenvalue weighted by Crippen LogP contribution is 2.31. The molecule has 5 aromatic rings. The molecule has 3 heterocycles. The molecule has 0 unspecified atom stereocenters. The van der Waals surface area contributed by atoms with Crippen LogP contribution in [-0.2, 0) is 24.1 Å². The molecule has 9 nitrogen and oxygen atoms in total. The lowest BCUT2D eigenvalue weighted by Crippen LogP contribution is -2.49. The van der Waals surface area contributed by atoms with Crippen LogP contribution < -0.4 is 10.6 Å². The topological polar surface area (TPSA) is 93.3 Å². The quantitative estimate of drug-likeness (QED) is 0.366. The van der Waals surface area contributed by atoms with Gasteiger partial charge < -0.3 is 4.90 Å². The maximum atomic E-state index is 13.5. The van der Waals surface area contributed by atoms with Gasteiger partial charge in [-0.15, -0.1) is 0 Å². The van der Waals surface area contributed by atoms with E-state index in [1.54, 1.807) is 32.3 Å². The minimum Gasteiger partial charge on any atom is -0.352 e. The van der Waals surface area contributed by atoms with Crippen LogP contribution in [0.25, 0.3) is 33.3 Å². The van der Waals surface area contributed by atoms with E-state index in [-0.39, 0.29) is 10.6 Å².